The van der Waals surface area contributed by atoms with Gasteiger partial charge in [-0.05, 0) is 50.2 Å². The molecule has 0 spiro atoms. The molecule has 16 heavy (non-hydrogen) atoms. The zero-order valence-corrected chi connectivity index (χ0v) is 9.97. The lowest BCUT2D eigenvalue weighted by molar-refractivity contribution is 0.0929. The summed E-state index contributed by atoms with van der Waals surface area (Å²) >= 11 is 4.19. The second-order valence-electron chi connectivity index (χ2n) is 4.04. The first-order valence-corrected chi connectivity index (χ1v) is 6.01. The summed E-state index contributed by atoms with van der Waals surface area (Å²) in [6.45, 7) is 1.97. The number of thiol groups is 1. The maximum Gasteiger partial charge on any atom is 0.251 e. The monoisotopic (exact) mass is 236 g/mol. The highest BCUT2D eigenvalue weighted by molar-refractivity contribution is 7.80. The second kappa shape index (κ2) is 5.37. The molecule has 3 nitrogen and oxygen atoms in total. The second-order valence-corrected chi connectivity index (χ2v) is 4.56. The molecule has 4 heteroatoms. The SMILES string of the molecule is O=C(NC1CCNCC1)c1ccc(S)cc1. The van der Waals surface area contributed by atoms with E-state index in [0.717, 1.165) is 30.8 Å². The van der Waals surface area contributed by atoms with Crippen molar-refractivity contribution in [1.29, 1.82) is 0 Å². The van der Waals surface area contributed by atoms with Gasteiger partial charge in [0.15, 0.2) is 0 Å². The lowest BCUT2D eigenvalue weighted by Gasteiger charge is -2.23. The van der Waals surface area contributed by atoms with Gasteiger partial charge in [-0.2, -0.15) is 0 Å². The van der Waals surface area contributed by atoms with Crippen molar-refractivity contribution in [2.45, 2.75) is 23.8 Å². The van der Waals surface area contributed by atoms with Crippen molar-refractivity contribution in [3.05, 3.63) is 29.8 Å². The summed E-state index contributed by atoms with van der Waals surface area (Å²) in [5, 5.41) is 6.32. The number of nitrogens with one attached hydrogen (secondary N) is 2. The zero-order chi connectivity index (χ0) is 11.4. The van der Waals surface area contributed by atoms with Crippen LogP contribution in [0.3, 0.4) is 0 Å². The van der Waals surface area contributed by atoms with Gasteiger partial charge in [0.2, 0.25) is 0 Å². The summed E-state index contributed by atoms with van der Waals surface area (Å²) in [4.78, 5) is 12.7. The summed E-state index contributed by atoms with van der Waals surface area (Å²) in [6, 6.07) is 7.59. The number of piperidine rings is 1. The predicted octanol–water partition coefficient (Wildman–Crippen LogP) is 1.46. The van der Waals surface area contributed by atoms with Crippen LogP contribution in [0.4, 0.5) is 0 Å². The van der Waals surface area contributed by atoms with Crippen LogP contribution in [0.25, 0.3) is 0 Å². The van der Waals surface area contributed by atoms with Gasteiger partial charge in [0.1, 0.15) is 0 Å². The van der Waals surface area contributed by atoms with Crippen LogP contribution in [0.15, 0.2) is 29.2 Å². The van der Waals surface area contributed by atoms with Crippen molar-refractivity contribution in [2.24, 2.45) is 0 Å². The lowest BCUT2D eigenvalue weighted by Crippen LogP contribution is -2.42. The molecule has 86 valence electrons. The average molecular weight is 236 g/mol. The number of hydrogen-bond acceptors (Lipinski definition) is 3. The first kappa shape index (κ1) is 11.5. The third-order valence-electron chi connectivity index (χ3n) is 2.80. The molecule has 1 saturated heterocycles. The van der Waals surface area contributed by atoms with Crippen molar-refractivity contribution in [3.8, 4) is 0 Å². The normalized spacial score (nSPS) is 17.1. The van der Waals surface area contributed by atoms with Gasteiger partial charge in [0.05, 0.1) is 0 Å². The van der Waals surface area contributed by atoms with Gasteiger partial charge >= 0.3 is 0 Å². The maximum absolute atomic E-state index is 11.9. The van der Waals surface area contributed by atoms with E-state index in [-0.39, 0.29) is 5.91 Å². The summed E-state index contributed by atoms with van der Waals surface area (Å²) in [6.07, 6.45) is 2.02. The van der Waals surface area contributed by atoms with Crippen molar-refractivity contribution in [2.75, 3.05) is 13.1 Å². The molecule has 1 aliphatic rings. The summed E-state index contributed by atoms with van der Waals surface area (Å²) < 4.78 is 0. The van der Waals surface area contributed by atoms with Crippen LogP contribution >= 0.6 is 12.6 Å². The summed E-state index contributed by atoms with van der Waals surface area (Å²) in [5.41, 5.74) is 0.705. The third kappa shape index (κ3) is 3.00. The highest BCUT2D eigenvalue weighted by Crippen LogP contribution is 2.09. The molecular weight excluding hydrogens is 220 g/mol. The molecule has 2 N–H and O–H groups in total. The molecule has 2 rings (SSSR count). The van der Waals surface area contributed by atoms with Crippen LogP contribution < -0.4 is 10.6 Å². The molecule has 0 saturated carbocycles. The molecule has 1 fully saturated rings. The number of rotatable bonds is 2. The van der Waals surface area contributed by atoms with Gasteiger partial charge < -0.3 is 10.6 Å². The van der Waals surface area contributed by atoms with Crippen LogP contribution in [0.1, 0.15) is 23.2 Å². The van der Waals surface area contributed by atoms with Crippen LogP contribution in [0.2, 0.25) is 0 Å². The molecule has 1 heterocycles. The quantitative estimate of drug-likeness (QED) is 0.680. The Kier molecular flexibility index (Phi) is 3.85. The highest BCUT2D eigenvalue weighted by atomic mass is 32.1. The van der Waals surface area contributed by atoms with E-state index in [0.29, 0.717) is 11.6 Å². The fourth-order valence-electron chi connectivity index (χ4n) is 1.85. The first-order valence-electron chi connectivity index (χ1n) is 5.56. The van der Waals surface area contributed by atoms with Crippen molar-refractivity contribution in [3.63, 3.8) is 0 Å². The van der Waals surface area contributed by atoms with Gasteiger partial charge in [0, 0.05) is 16.5 Å². The Bertz CT molecular complexity index is 358. The minimum absolute atomic E-state index is 0.0141. The summed E-state index contributed by atoms with van der Waals surface area (Å²) in [5.74, 6) is 0.0141. The van der Waals surface area contributed by atoms with Crippen LogP contribution in [-0.2, 0) is 0 Å². The standard InChI is InChI=1S/C12H16N2OS/c15-12(9-1-3-11(16)4-2-9)14-10-5-7-13-8-6-10/h1-4,10,13,16H,5-8H2,(H,14,15). The Morgan fingerprint density at radius 2 is 1.88 bits per heavy atom. The molecular formula is C12H16N2OS. The predicted molar refractivity (Wildman–Crippen MR) is 67.1 cm³/mol. The number of amides is 1. The van der Waals surface area contributed by atoms with E-state index < -0.39 is 0 Å². The first-order chi connectivity index (χ1) is 7.75. The van der Waals surface area contributed by atoms with E-state index in [2.05, 4.69) is 23.3 Å². The fraction of sp³-hybridized carbons (Fsp3) is 0.417. The molecule has 0 unspecified atom stereocenters. The largest absolute Gasteiger partial charge is 0.349 e. The molecule has 1 aromatic carbocycles. The van der Waals surface area contributed by atoms with E-state index in [1.165, 1.54) is 0 Å². The molecule has 1 amide bonds. The van der Waals surface area contributed by atoms with Gasteiger partial charge in [0.25, 0.3) is 5.91 Å². The van der Waals surface area contributed by atoms with Crippen LogP contribution in [0, 0.1) is 0 Å². The zero-order valence-electron chi connectivity index (χ0n) is 9.07. The fourth-order valence-corrected chi connectivity index (χ4v) is 2.00. The Morgan fingerprint density at radius 3 is 2.50 bits per heavy atom. The summed E-state index contributed by atoms with van der Waals surface area (Å²) in [7, 11) is 0. The number of benzene rings is 1. The number of hydrogen-bond donors (Lipinski definition) is 3. The smallest absolute Gasteiger partial charge is 0.251 e. The van der Waals surface area contributed by atoms with Gasteiger partial charge in [-0.15, -0.1) is 12.6 Å². The van der Waals surface area contributed by atoms with Crippen LogP contribution in [-0.4, -0.2) is 25.0 Å². The van der Waals surface area contributed by atoms with E-state index in [4.69, 9.17) is 0 Å². The Balaban J connectivity index is 1.94. The van der Waals surface area contributed by atoms with Crippen molar-refractivity contribution < 1.29 is 4.79 Å². The Labute approximate surface area is 101 Å². The van der Waals surface area contributed by atoms with Crippen molar-refractivity contribution in [1.82, 2.24) is 10.6 Å². The topological polar surface area (TPSA) is 41.1 Å². The molecule has 0 bridgehead atoms. The number of carbonyl (C=O) groups excluding carboxylic acids is 1. The van der Waals surface area contributed by atoms with E-state index in [1.54, 1.807) is 12.1 Å². The van der Waals surface area contributed by atoms with E-state index >= 15 is 0 Å². The highest BCUT2D eigenvalue weighted by Gasteiger charge is 2.15. The molecule has 0 aliphatic carbocycles. The van der Waals surface area contributed by atoms with Crippen LogP contribution in [0.5, 0.6) is 0 Å². The minimum atomic E-state index is 0.0141. The van der Waals surface area contributed by atoms with Gasteiger partial charge in [-0.1, -0.05) is 0 Å². The Hall–Kier alpha value is -1.00. The van der Waals surface area contributed by atoms with Gasteiger partial charge in [-0.3, -0.25) is 4.79 Å². The molecule has 0 aromatic heterocycles. The number of carbonyl (C=O) groups is 1. The molecule has 1 aromatic rings. The average Bonchev–Trinajstić information content (AvgIpc) is 2.31. The maximum atomic E-state index is 11.9. The van der Waals surface area contributed by atoms with Crippen molar-refractivity contribution >= 4 is 18.5 Å². The third-order valence-corrected chi connectivity index (χ3v) is 3.10. The molecule has 0 radical (unpaired) electrons. The lowest BCUT2D eigenvalue weighted by atomic mass is 10.1. The van der Waals surface area contributed by atoms with Gasteiger partial charge in [-0.25, -0.2) is 0 Å². The molecule has 0 atom stereocenters. The van der Waals surface area contributed by atoms with E-state index in [9.17, 15) is 4.79 Å². The van der Waals surface area contributed by atoms with E-state index in [1.807, 2.05) is 12.1 Å². The minimum Gasteiger partial charge on any atom is -0.349 e. The Morgan fingerprint density at radius 1 is 1.25 bits per heavy atom. The molecule has 1 aliphatic heterocycles.